The number of benzene rings is 1. The van der Waals surface area contributed by atoms with Gasteiger partial charge in [0.25, 0.3) is 0 Å². The molecule has 0 bridgehead atoms. The highest BCUT2D eigenvalue weighted by Gasteiger charge is 2.07. The van der Waals surface area contributed by atoms with E-state index in [9.17, 15) is 0 Å². The number of aromatic nitrogens is 3. The summed E-state index contributed by atoms with van der Waals surface area (Å²) in [5.41, 5.74) is 2.82. The quantitative estimate of drug-likeness (QED) is 0.762. The molecule has 5 nitrogen and oxygen atoms in total. The first kappa shape index (κ1) is 13.2. The summed E-state index contributed by atoms with van der Waals surface area (Å²) in [4.78, 5) is 4.48. The van der Waals surface area contributed by atoms with Crippen LogP contribution < -0.4 is 10.6 Å². The van der Waals surface area contributed by atoms with Gasteiger partial charge in [-0.1, -0.05) is 30.3 Å². The number of para-hydroxylation sites is 1. The van der Waals surface area contributed by atoms with E-state index in [4.69, 9.17) is 0 Å². The zero-order valence-corrected chi connectivity index (χ0v) is 12.0. The minimum absolute atomic E-state index is 0.577. The van der Waals surface area contributed by atoms with Gasteiger partial charge < -0.3 is 10.6 Å². The number of fused-ring (bicyclic) bond motifs is 1. The summed E-state index contributed by atoms with van der Waals surface area (Å²) in [5.74, 6) is 1.46. The van der Waals surface area contributed by atoms with E-state index in [1.165, 1.54) is 0 Å². The lowest BCUT2D eigenvalue weighted by atomic mass is 10.3. The fourth-order valence-corrected chi connectivity index (χ4v) is 1.98. The van der Waals surface area contributed by atoms with Crippen LogP contribution in [0.2, 0.25) is 0 Å². The summed E-state index contributed by atoms with van der Waals surface area (Å²) in [5, 5.41) is 11.0. The first-order valence-corrected chi connectivity index (χ1v) is 6.84. The molecule has 0 amide bonds. The van der Waals surface area contributed by atoms with Crippen molar-refractivity contribution in [1.82, 2.24) is 14.6 Å². The maximum Gasteiger partial charge on any atom is 0.247 e. The molecule has 2 N–H and O–H groups in total. The number of pyridine rings is 1. The van der Waals surface area contributed by atoms with Crippen molar-refractivity contribution in [1.29, 1.82) is 0 Å². The molecule has 0 aliphatic rings. The molecule has 3 aromatic rings. The smallest absolute Gasteiger partial charge is 0.247 e. The molecule has 3 rings (SSSR count). The Kier molecular flexibility index (Phi) is 3.55. The van der Waals surface area contributed by atoms with E-state index in [1.54, 1.807) is 4.52 Å². The predicted molar refractivity (Wildman–Crippen MR) is 85.8 cm³/mol. The van der Waals surface area contributed by atoms with Crippen LogP contribution >= 0.6 is 0 Å². The topological polar surface area (TPSA) is 54.2 Å². The first-order chi connectivity index (χ1) is 10.3. The van der Waals surface area contributed by atoms with Crippen LogP contribution in [0.1, 0.15) is 13.8 Å². The van der Waals surface area contributed by atoms with Crippen molar-refractivity contribution in [2.45, 2.75) is 13.8 Å². The van der Waals surface area contributed by atoms with E-state index in [1.807, 2.05) is 68.5 Å². The average molecular weight is 279 g/mol. The molecular weight excluding hydrogens is 262 g/mol. The molecule has 5 heteroatoms. The Morgan fingerprint density at radius 1 is 1.10 bits per heavy atom. The van der Waals surface area contributed by atoms with E-state index >= 15 is 0 Å². The summed E-state index contributed by atoms with van der Waals surface area (Å²) in [6.07, 6.45) is 2.01. The van der Waals surface area contributed by atoms with Gasteiger partial charge in [0.2, 0.25) is 5.95 Å². The van der Waals surface area contributed by atoms with Crippen LogP contribution in [0, 0.1) is 0 Å². The van der Waals surface area contributed by atoms with Crippen LogP contribution in [0.3, 0.4) is 0 Å². The van der Waals surface area contributed by atoms with Gasteiger partial charge >= 0.3 is 0 Å². The van der Waals surface area contributed by atoms with Crippen molar-refractivity contribution in [3.05, 3.63) is 60.3 Å². The molecular formula is C16H17N5. The van der Waals surface area contributed by atoms with Gasteiger partial charge in [-0.2, -0.15) is 9.50 Å². The molecule has 0 unspecified atom stereocenters. The first-order valence-electron chi connectivity index (χ1n) is 6.84. The highest BCUT2D eigenvalue weighted by Crippen LogP contribution is 2.17. The van der Waals surface area contributed by atoms with Gasteiger partial charge in [-0.15, -0.1) is 5.10 Å². The molecule has 1 aromatic carbocycles. The molecule has 0 saturated heterocycles. The van der Waals surface area contributed by atoms with Crippen LogP contribution in [-0.2, 0) is 0 Å². The summed E-state index contributed by atoms with van der Waals surface area (Å²) >= 11 is 0. The maximum atomic E-state index is 4.50. The minimum Gasteiger partial charge on any atom is -0.344 e. The number of anilines is 3. The Balaban J connectivity index is 1.94. The molecule has 0 saturated carbocycles. The van der Waals surface area contributed by atoms with E-state index in [0.717, 1.165) is 22.8 Å². The fourth-order valence-electron chi connectivity index (χ4n) is 1.98. The minimum atomic E-state index is 0.577. The largest absolute Gasteiger partial charge is 0.344 e. The summed E-state index contributed by atoms with van der Waals surface area (Å²) in [6, 6.07) is 15.7. The Labute approximate surface area is 123 Å². The van der Waals surface area contributed by atoms with Crippen molar-refractivity contribution in [3.8, 4) is 0 Å². The molecule has 0 atom stereocenters. The summed E-state index contributed by atoms with van der Waals surface area (Å²) < 4.78 is 1.79. The molecule has 0 aliphatic heterocycles. The monoisotopic (exact) mass is 279 g/mol. The van der Waals surface area contributed by atoms with Gasteiger partial charge in [-0.25, -0.2) is 0 Å². The number of hydrogen-bond donors (Lipinski definition) is 2. The number of nitrogens with zero attached hydrogens (tertiary/aromatic N) is 3. The Morgan fingerprint density at radius 2 is 1.90 bits per heavy atom. The SMILES string of the molecule is CC=C(C)Nc1cccc2nc(Nc3ccccc3)nn12. The molecule has 0 fully saturated rings. The number of rotatable bonds is 4. The van der Waals surface area contributed by atoms with Gasteiger partial charge in [0.15, 0.2) is 5.65 Å². The number of hydrogen-bond acceptors (Lipinski definition) is 4. The van der Waals surface area contributed by atoms with E-state index < -0.39 is 0 Å². The standard InChI is InChI=1S/C16H17N5/c1-3-12(2)17-14-10-7-11-15-19-16(20-21(14)15)18-13-8-5-4-6-9-13/h3-11,17H,1-2H3,(H,18,20). The second kappa shape index (κ2) is 5.66. The van der Waals surface area contributed by atoms with E-state index in [0.29, 0.717) is 5.95 Å². The van der Waals surface area contributed by atoms with Crippen LogP contribution in [0.5, 0.6) is 0 Å². The molecule has 0 radical (unpaired) electrons. The zero-order chi connectivity index (χ0) is 14.7. The van der Waals surface area contributed by atoms with E-state index in [-0.39, 0.29) is 0 Å². The van der Waals surface area contributed by atoms with Gasteiger partial charge in [0.05, 0.1) is 0 Å². The lowest BCUT2D eigenvalue weighted by Gasteiger charge is -2.07. The van der Waals surface area contributed by atoms with Gasteiger partial charge in [-0.3, -0.25) is 0 Å². The average Bonchev–Trinajstić information content (AvgIpc) is 2.91. The second-order valence-corrected chi connectivity index (χ2v) is 4.70. The summed E-state index contributed by atoms with van der Waals surface area (Å²) in [7, 11) is 0. The van der Waals surface area contributed by atoms with Crippen LogP contribution in [0.25, 0.3) is 5.65 Å². The zero-order valence-electron chi connectivity index (χ0n) is 12.0. The maximum absolute atomic E-state index is 4.50. The van der Waals surface area contributed by atoms with Crippen LogP contribution in [-0.4, -0.2) is 14.6 Å². The third-order valence-electron chi connectivity index (χ3n) is 3.15. The summed E-state index contributed by atoms with van der Waals surface area (Å²) in [6.45, 7) is 4.01. The fraction of sp³-hybridized carbons (Fsp3) is 0.125. The third-order valence-corrected chi connectivity index (χ3v) is 3.15. The molecule has 106 valence electrons. The lowest BCUT2D eigenvalue weighted by Crippen LogP contribution is -2.02. The van der Waals surface area contributed by atoms with Gasteiger partial charge in [-0.05, 0) is 38.1 Å². The molecule has 0 aliphatic carbocycles. The Bertz CT molecular complexity index is 774. The normalized spacial score (nSPS) is 11.6. The van der Waals surface area contributed by atoms with E-state index in [2.05, 4.69) is 20.7 Å². The Hall–Kier alpha value is -2.82. The molecule has 2 heterocycles. The second-order valence-electron chi connectivity index (χ2n) is 4.70. The Morgan fingerprint density at radius 3 is 2.67 bits per heavy atom. The molecule has 0 spiro atoms. The van der Waals surface area contributed by atoms with Crippen molar-refractivity contribution < 1.29 is 0 Å². The van der Waals surface area contributed by atoms with Crippen molar-refractivity contribution >= 4 is 23.1 Å². The lowest BCUT2D eigenvalue weighted by molar-refractivity contribution is 0.966. The highest BCUT2D eigenvalue weighted by molar-refractivity contribution is 5.58. The van der Waals surface area contributed by atoms with Gasteiger partial charge in [0, 0.05) is 11.4 Å². The van der Waals surface area contributed by atoms with Crippen LogP contribution in [0.15, 0.2) is 60.3 Å². The van der Waals surface area contributed by atoms with Crippen molar-refractivity contribution in [2.24, 2.45) is 0 Å². The van der Waals surface area contributed by atoms with Crippen LogP contribution in [0.4, 0.5) is 17.5 Å². The van der Waals surface area contributed by atoms with Crippen molar-refractivity contribution in [2.75, 3.05) is 10.6 Å². The molecule has 2 aromatic heterocycles. The number of nitrogens with one attached hydrogen (secondary N) is 2. The third kappa shape index (κ3) is 2.86. The van der Waals surface area contributed by atoms with Crippen molar-refractivity contribution in [3.63, 3.8) is 0 Å². The van der Waals surface area contributed by atoms with Gasteiger partial charge in [0.1, 0.15) is 5.82 Å². The number of allylic oxidation sites excluding steroid dienone is 2. The molecule has 21 heavy (non-hydrogen) atoms. The predicted octanol–water partition coefficient (Wildman–Crippen LogP) is 3.81. The highest BCUT2D eigenvalue weighted by atomic mass is 15.4.